The third-order valence-electron chi connectivity index (χ3n) is 3.27. The fraction of sp³-hybridized carbons (Fsp3) is 0.357. The molecule has 0 bridgehead atoms. The molecule has 21 heavy (non-hydrogen) atoms. The van der Waals surface area contributed by atoms with Crippen LogP contribution in [0.25, 0.3) is 0 Å². The maximum Gasteiger partial charge on any atom is 0.134 e. The summed E-state index contributed by atoms with van der Waals surface area (Å²) in [5.41, 5.74) is 0.525. The molecule has 1 N–H and O–H groups in total. The molecule has 0 aliphatic rings. The van der Waals surface area contributed by atoms with Crippen LogP contribution >= 0.6 is 11.6 Å². The number of aliphatic hydroxyl groups excluding tert-OH is 1. The minimum absolute atomic E-state index is 0.123. The third kappa shape index (κ3) is 3.06. The van der Waals surface area contributed by atoms with Crippen molar-refractivity contribution in [3.05, 3.63) is 51.6 Å². The number of hydrogen-bond donors (Lipinski definition) is 1. The number of halogens is 4. The van der Waals surface area contributed by atoms with E-state index in [9.17, 15) is 18.3 Å². The summed E-state index contributed by atoms with van der Waals surface area (Å²) < 4.78 is 41.6. The Kier molecular flexibility index (Phi) is 4.58. The molecular weight excluding hydrogens is 305 g/mol. The van der Waals surface area contributed by atoms with Gasteiger partial charge in [0.2, 0.25) is 0 Å². The summed E-state index contributed by atoms with van der Waals surface area (Å²) in [6.45, 7) is 1.87. The molecule has 0 saturated carbocycles. The van der Waals surface area contributed by atoms with Crippen LogP contribution in [0.15, 0.2) is 12.1 Å². The molecule has 2 aromatic rings. The van der Waals surface area contributed by atoms with E-state index in [1.165, 1.54) is 4.68 Å². The van der Waals surface area contributed by atoms with E-state index < -0.39 is 29.1 Å². The van der Waals surface area contributed by atoms with Gasteiger partial charge in [-0.15, -0.1) is 0 Å². The van der Waals surface area contributed by atoms with Crippen LogP contribution in [0.1, 0.15) is 30.0 Å². The second kappa shape index (κ2) is 6.07. The number of benzene rings is 1. The molecule has 0 spiro atoms. The first kappa shape index (κ1) is 15.9. The van der Waals surface area contributed by atoms with Crippen molar-refractivity contribution in [3.8, 4) is 0 Å². The number of aliphatic hydroxyl groups is 1. The van der Waals surface area contributed by atoms with Crippen LogP contribution < -0.4 is 0 Å². The van der Waals surface area contributed by atoms with E-state index in [0.717, 1.165) is 0 Å². The van der Waals surface area contributed by atoms with Gasteiger partial charge in [-0.3, -0.25) is 4.68 Å². The first-order valence-electron chi connectivity index (χ1n) is 6.37. The quantitative estimate of drug-likeness (QED) is 0.939. The lowest BCUT2D eigenvalue weighted by atomic mass is 10.0. The molecule has 7 heteroatoms. The van der Waals surface area contributed by atoms with Crippen LogP contribution in [0, 0.1) is 17.5 Å². The second-order valence-electron chi connectivity index (χ2n) is 4.69. The summed E-state index contributed by atoms with van der Waals surface area (Å²) in [4.78, 5) is 0. The van der Waals surface area contributed by atoms with Crippen molar-refractivity contribution in [3.63, 3.8) is 0 Å². The van der Waals surface area contributed by atoms with Crippen molar-refractivity contribution in [2.75, 3.05) is 0 Å². The Labute approximate surface area is 125 Å². The summed E-state index contributed by atoms with van der Waals surface area (Å²) in [5, 5.41) is 14.6. The molecule has 0 saturated heterocycles. The molecule has 114 valence electrons. The van der Waals surface area contributed by atoms with E-state index in [-0.39, 0.29) is 6.42 Å². The number of nitrogens with zero attached hydrogens (tertiary/aromatic N) is 2. The molecule has 0 aliphatic heterocycles. The van der Waals surface area contributed by atoms with E-state index in [1.807, 2.05) is 6.92 Å². The number of hydrogen-bond acceptors (Lipinski definition) is 2. The zero-order valence-corrected chi connectivity index (χ0v) is 12.3. The molecule has 3 nitrogen and oxygen atoms in total. The number of aromatic nitrogens is 2. The molecule has 2 rings (SSSR count). The lowest BCUT2D eigenvalue weighted by Crippen LogP contribution is -2.11. The third-order valence-corrected chi connectivity index (χ3v) is 3.70. The number of aryl methyl sites for hydroxylation is 2. The summed E-state index contributed by atoms with van der Waals surface area (Å²) >= 11 is 6.12. The van der Waals surface area contributed by atoms with E-state index in [0.29, 0.717) is 35.0 Å². The van der Waals surface area contributed by atoms with Crippen molar-refractivity contribution in [1.82, 2.24) is 9.78 Å². The van der Waals surface area contributed by atoms with Gasteiger partial charge in [-0.2, -0.15) is 5.10 Å². The Balaban J connectivity index is 2.35. The van der Waals surface area contributed by atoms with Crippen LogP contribution in [-0.2, 0) is 19.9 Å². The fourth-order valence-corrected chi connectivity index (χ4v) is 2.57. The first-order chi connectivity index (χ1) is 9.85. The van der Waals surface area contributed by atoms with Gasteiger partial charge in [0.1, 0.15) is 17.5 Å². The van der Waals surface area contributed by atoms with Crippen LogP contribution in [0.3, 0.4) is 0 Å². The topological polar surface area (TPSA) is 38.0 Å². The molecule has 1 atom stereocenters. The Morgan fingerprint density at radius 3 is 2.33 bits per heavy atom. The highest BCUT2D eigenvalue weighted by Gasteiger charge is 2.23. The summed E-state index contributed by atoms with van der Waals surface area (Å²) in [6.07, 6.45) is -1.01. The van der Waals surface area contributed by atoms with Crippen molar-refractivity contribution in [2.45, 2.75) is 25.9 Å². The number of rotatable bonds is 4. The monoisotopic (exact) mass is 318 g/mol. The Bertz CT molecular complexity index is 649. The maximum atomic E-state index is 13.6. The highest BCUT2D eigenvalue weighted by atomic mass is 35.5. The molecule has 1 heterocycles. The first-order valence-corrected chi connectivity index (χ1v) is 6.75. The van der Waals surface area contributed by atoms with E-state index in [2.05, 4.69) is 5.10 Å². The second-order valence-corrected chi connectivity index (χ2v) is 5.07. The van der Waals surface area contributed by atoms with Crippen molar-refractivity contribution >= 4 is 11.6 Å². The van der Waals surface area contributed by atoms with Gasteiger partial charge in [-0.25, -0.2) is 13.2 Å². The molecule has 0 radical (unpaired) electrons. The minimum Gasteiger partial charge on any atom is -0.388 e. The Morgan fingerprint density at radius 2 is 1.86 bits per heavy atom. The Hall–Kier alpha value is -1.53. The highest BCUT2D eigenvalue weighted by Crippen LogP contribution is 2.29. The predicted molar refractivity (Wildman–Crippen MR) is 72.6 cm³/mol. The normalized spacial score (nSPS) is 12.7. The van der Waals surface area contributed by atoms with Crippen LogP contribution in [-0.4, -0.2) is 14.9 Å². The minimum atomic E-state index is -1.48. The van der Waals surface area contributed by atoms with Crippen LogP contribution in [0.5, 0.6) is 0 Å². The van der Waals surface area contributed by atoms with Gasteiger partial charge in [-0.05, 0) is 6.42 Å². The zero-order chi connectivity index (χ0) is 15.7. The van der Waals surface area contributed by atoms with Gasteiger partial charge in [0.15, 0.2) is 0 Å². The Morgan fingerprint density at radius 1 is 1.29 bits per heavy atom. The van der Waals surface area contributed by atoms with Crippen molar-refractivity contribution in [1.29, 1.82) is 0 Å². The van der Waals surface area contributed by atoms with Crippen LogP contribution in [0.4, 0.5) is 13.2 Å². The van der Waals surface area contributed by atoms with Crippen molar-refractivity contribution < 1.29 is 18.3 Å². The van der Waals surface area contributed by atoms with Gasteiger partial charge in [-0.1, -0.05) is 18.5 Å². The summed E-state index contributed by atoms with van der Waals surface area (Å²) in [6, 6.07) is 1.06. The average molecular weight is 319 g/mol. The lowest BCUT2D eigenvalue weighted by molar-refractivity contribution is 0.165. The molecule has 1 unspecified atom stereocenters. The van der Waals surface area contributed by atoms with E-state index in [4.69, 9.17) is 11.6 Å². The largest absolute Gasteiger partial charge is 0.388 e. The summed E-state index contributed by atoms with van der Waals surface area (Å²) in [5.74, 6) is -3.30. The molecule has 1 aromatic heterocycles. The van der Waals surface area contributed by atoms with E-state index in [1.54, 1.807) is 7.05 Å². The fourth-order valence-electron chi connectivity index (χ4n) is 2.20. The summed E-state index contributed by atoms with van der Waals surface area (Å²) in [7, 11) is 1.63. The SMILES string of the molecule is CCc1nn(C)c(CC(O)c2c(F)cc(F)cc2F)c1Cl. The van der Waals surface area contributed by atoms with Gasteiger partial charge >= 0.3 is 0 Å². The zero-order valence-electron chi connectivity index (χ0n) is 11.5. The predicted octanol–water partition coefficient (Wildman–Crippen LogP) is 3.33. The molecule has 0 fully saturated rings. The maximum absolute atomic E-state index is 13.6. The molecule has 0 amide bonds. The van der Waals surface area contributed by atoms with Gasteiger partial charge in [0.05, 0.1) is 28.1 Å². The van der Waals surface area contributed by atoms with Gasteiger partial charge in [0.25, 0.3) is 0 Å². The van der Waals surface area contributed by atoms with Crippen molar-refractivity contribution in [2.24, 2.45) is 7.05 Å². The van der Waals surface area contributed by atoms with Gasteiger partial charge < -0.3 is 5.11 Å². The van der Waals surface area contributed by atoms with Gasteiger partial charge in [0, 0.05) is 25.6 Å². The van der Waals surface area contributed by atoms with Crippen LogP contribution in [0.2, 0.25) is 5.02 Å². The molecule has 1 aromatic carbocycles. The molecule has 0 aliphatic carbocycles. The standard InChI is InChI=1S/C14H14ClF3N2O/c1-3-10-14(15)11(20(2)19-10)6-12(21)13-8(17)4-7(16)5-9(13)18/h4-5,12,21H,3,6H2,1-2H3. The highest BCUT2D eigenvalue weighted by molar-refractivity contribution is 6.31. The lowest BCUT2D eigenvalue weighted by Gasteiger charge is -2.13. The van der Waals surface area contributed by atoms with E-state index >= 15 is 0 Å². The average Bonchev–Trinajstić information content (AvgIpc) is 2.65. The molecular formula is C14H14ClF3N2O. The smallest absolute Gasteiger partial charge is 0.134 e.